The van der Waals surface area contributed by atoms with Crippen LogP contribution in [0.15, 0.2) is 55.1 Å². The molecule has 0 bridgehead atoms. The molecule has 0 saturated heterocycles. The van der Waals surface area contributed by atoms with Gasteiger partial charge in [0.15, 0.2) is 0 Å². The molecule has 0 spiro atoms. The quantitative estimate of drug-likeness (QED) is 0.765. The van der Waals surface area contributed by atoms with Crippen LogP contribution >= 0.6 is 0 Å². The maximum absolute atomic E-state index is 11.9. The number of likely N-dealkylation sites (N-methyl/N-ethyl adjacent to an activating group) is 1. The molecule has 0 aliphatic rings. The molecule has 0 aliphatic carbocycles. The number of carbonyl (C=O) groups excluding carboxylic acids is 1. The molecular formula is C23H32N2O. The molecule has 0 radical (unpaired) electrons. The van der Waals surface area contributed by atoms with Crippen molar-refractivity contribution in [3.63, 3.8) is 0 Å². The monoisotopic (exact) mass is 352 g/mol. The molecule has 0 aliphatic heterocycles. The van der Waals surface area contributed by atoms with Gasteiger partial charge in [-0.2, -0.15) is 0 Å². The standard InChI is InChI=1S/C14H22N2O.C9H10/c1-5-16(6-2)10-13(17)15-14-11(3)8-7-9-12(14)4;1-8(2)9-6-4-3-5-7-9/h7-9H,5-6,10H2,1-4H3,(H,15,17);3-7H,1H2,2H3. The van der Waals surface area contributed by atoms with Crippen molar-refractivity contribution >= 4 is 17.2 Å². The molecule has 0 saturated carbocycles. The molecule has 0 aromatic heterocycles. The zero-order chi connectivity index (χ0) is 19.5. The van der Waals surface area contributed by atoms with Crippen LogP contribution in [-0.2, 0) is 4.79 Å². The summed E-state index contributed by atoms with van der Waals surface area (Å²) in [6.07, 6.45) is 0. The molecule has 2 aromatic rings. The van der Waals surface area contributed by atoms with Crippen LogP contribution in [0.2, 0.25) is 0 Å². The molecule has 1 N–H and O–H groups in total. The summed E-state index contributed by atoms with van der Waals surface area (Å²) in [5, 5.41) is 3.00. The van der Waals surface area contributed by atoms with Crippen molar-refractivity contribution in [3.05, 3.63) is 71.8 Å². The summed E-state index contributed by atoms with van der Waals surface area (Å²) in [5.41, 5.74) is 5.51. The lowest BCUT2D eigenvalue weighted by Gasteiger charge is -2.18. The van der Waals surface area contributed by atoms with Crippen LogP contribution in [0.25, 0.3) is 5.57 Å². The fourth-order valence-electron chi connectivity index (χ4n) is 2.56. The highest BCUT2D eigenvalue weighted by Crippen LogP contribution is 2.19. The topological polar surface area (TPSA) is 32.3 Å². The van der Waals surface area contributed by atoms with Crippen LogP contribution in [0.4, 0.5) is 5.69 Å². The van der Waals surface area contributed by atoms with Gasteiger partial charge in [-0.15, -0.1) is 0 Å². The number of rotatable bonds is 6. The van der Waals surface area contributed by atoms with Gasteiger partial charge >= 0.3 is 0 Å². The molecular weight excluding hydrogens is 320 g/mol. The Morgan fingerprint density at radius 1 is 0.962 bits per heavy atom. The number of aryl methyl sites for hydroxylation is 2. The molecule has 2 rings (SSSR count). The summed E-state index contributed by atoms with van der Waals surface area (Å²) >= 11 is 0. The molecule has 2 aromatic carbocycles. The van der Waals surface area contributed by atoms with Crippen molar-refractivity contribution < 1.29 is 4.79 Å². The maximum Gasteiger partial charge on any atom is 0.238 e. The highest BCUT2D eigenvalue weighted by atomic mass is 16.2. The van der Waals surface area contributed by atoms with Crippen molar-refractivity contribution in [3.8, 4) is 0 Å². The van der Waals surface area contributed by atoms with Crippen LogP contribution in [0.1, 0.15) is 37.5 Å². The lowest BCUT2D eigenvalue weighted by molar-refractivity contribution is -0.117. The Morgan fingerprint density at radius 3 is 1.92 bits per heavy atom. The van der Waals surface area contributed by atoms with Crippen molar-refractivity contribution in [2.45, 2.75) is 34.6 Å². The average molecular weight is 353 g/mol. The first-order chi connectivity index (χ1) is 12.4. The first kappa shape index (κ1) is 21.7. The third kappa shape index (κ3) is 7.24. The molecule has 1 amide bonds. The fourth-order valence-corrected chi connectivity index (χ4v) is 2.56. The molecule has 140 valence electrons. The van der Waals surface area contributed by atoms with Crippen molar-refractivity contribution in [1.82, 2.24) is 4.90 Å². The molecule has 0 heterocycles. The van der Waals surface area contributed by atoms with E-state index >= 15 is 0 Å². The Bertz CT molecular complexity index is 683. The van der Waals surface area contributed by atoms with E-state index < -0.39 is 0 Å². The molecule has 26 heavy (non-hydrogen) atoms. The summed E-state index contributed by atoms with van der Waals surface area (Å²) in [6.45, 7) is 16.3. The first-order valence-corrected chi connectivity index (χ1v) is 9.18. The van der Waals surface area contributed by atoms with Gasteiger partial charge in [0.25, 0.3) is 0 Å². The van der Waals surface area contributed by atoms with E-state index in [-0.39, 0.29) is 5.91 Å². The Balaban J connectivity index is 0.000000314. The lowest BCUT2D eigenvalue weighted by atomic mass is 10.1. The van der Waals surface area contributed by atoms with Gasteiger partial charge in [-0.25, -0.2) is 0 Å². The highest BCUT2D eigenvalue weighted by molar-refractivity contribution is 5.93. The largest absolute Gasteiger partial charge is 0.324 e. The molecule has 0 unspecified atom stereocenters. The van der Waals surface area contributed by atoms with Crippen LogP contribution in [0.5, 0.6) is 0 Å². The van der Waals surface area contributed by atoms with Gasteiger partial charge in [0.05, 0.1) is 6.54 Å². The third-order valence-electron chi connectivity index (χ3n) is 4.27. The van der Waals surface area contributed by atoms with E-state index in [1.54, 1.807) is 0 Å². The van der Waals surface area contributed by atoms with E-state index in [9.17, 15) is 4.79 Å². The van der Waals surface area contributed by atoms with Gasteiger partial charge in [0.1, 0.15) is 0 Å². The molecule has 0 fully saturated rings. The normalized spacial score (nSPS) is 10.1. The fraction of sp³-hybridized carbons (Fsp3) is 0.348. The predicted molar refractivity (Wildman–Crippen MR) is 113 cm³/mol. The molecule has 3 heteroatoms. The van der Waals surface area contributed by atoms with Crippen molar-refractivity contribution in [1.29, 1.82) is 0 Å². The SMILES string of the molecule is C=C(C)c1ccccc1.CCN(CC)CC(=O)Nc1c(C)cccc1C. The minimum absolute atomic E-state index is 0.0612. The number of amides is 1. The second-order valence-corrected chi connectivity index (χ2v) is 6.42. The average Bonchev–Trinajstić information content (AvgIpc) is 2.64. The number of para-hydroxylation sites is 1. The zero-order valence-corrected chi connectivity index (χ0v) is 16.8. The number of hydrogen-bond donors (Lipinski definition) is 1. The number of anilines is 1. The van der Waals surface area contributed by atoms with E-state index in [4.69, 9.17) is 0 Å². The van der Waals surface area contributed by atoms with E-state index in [0.29, 0.717) is 6.54 Å². The van der Waals surface area contributed by atoms with Gasteiger partial charge in [0.2, 0.25) is 5.91 Å². The number of allylic oxidation sites excluding steroid dienone is 1. The summed E-state index contributed by atoms with van der Waals surface area (Å²) in [5.74, 6) is 0.0612. The minimum Gasteiger partial charge on any atom is -0.324 e. The second-order valence-electron chi connectivity index (χ2n) is 6.42. The van der Waals surface area contributed by atoms with E-state index in [1.165, 1.54) is 5.56 Å². The summed E-state index contributed by atoms with van der Waals surface area (Å²) in [6, 6.07) is 16.2. The number of nitrogens with one attached hydrogen (secondary N) is 1. The zero-order valence-electron chi connectivity index (χ0n) is 16.8. The Labute approximate surface area is 158 Å². The number of hydrogen-bond acceptors (Lipinski definition) is 2. The van der Waals surface area contributed by atoms with Gasteiger partial charge in [-0.1, -0.05) is 74.5 Å². The predicted octanol–water partition coefficient (Wildman–Crippen LogP) is 5.30. The Kier molecular flexibility index (Phi) is 9.38. The second kappa shape index (κ2) is 11.3. The van der Waals surface area contributed by atoms with Crippen LogP contribution in [0, 0.1) is 13.8 Å². The van der Waals surface area contributed by atoms with Crippen LogP contribution < -0.4 is 5.32 Å². The number of nitrogens with zero attached hydrogens (tertiary/aromatic N) is 1. The van der Waals surface area contributed by atoms with Crippen molar-refractivity contribution in [2.24, 2.45) is 0 Å². The number of benzene rings is 2. The molecule has 0 atom stereocenters. The van der Waals surface area contributed by atoms with Crippen LogP contribution in [-0.4, -0.2) is 30.4 Å². The maximum atomic E-state index is 11.9. The summed E-state index contributed by atoms with van der Waals surface area (Å²) < 4.78 is 0. The van der Waals surface area contributed by atoms with Crippen LogP contribution in [0.3, 0.4) is 0 Å². The highest BCUT2D eigenvalue weighted by Gasteiger charge is 2.09. The van der Waals surface area contributed by atoms with Gasteiger partial charge in [-0.05, 0) is 50.6 Å². The smallest absolute Gasteiger partial charge is 0.238 e. The third-order valence-corrected chi connectivity index (χ3v) is 4.27. The molecule has 3 nitrogen and oxygen atoms in total. The number of carbonyl (C=O) groups is 1. The van der Waals surface area contributed by atoms with E-state index in [0.717, 1.165) is 35.5 Å². The van der Waals surface area contributed by atoms with E-state index in [1.807, 2.05) is 57.2 Å². The van der Waals surface area contributed by atoms with Gasteiger partial charge < -0.3 is 5.32 Å². The summed E-state index contributed by atoms with van der Waals surface area (Å²) in [7, 11) is 0. The Morgan fingerprint density at radius 2 is 1.50 bits per heavy atom. The van der Waals surface area contributed by atoms with Gasteiger partial charge in [0, 0.05) is 5.69 Å². The lowest BCUT2D eigenvalue weighted by Crippen LogP contribution is -2.33. The Hall–Kier alpha value is -2.39. The van der Waals surface area contributed by atoms with Gasteiger partial charge in [-0.3, -0.25) is 9.69 Å². The van der Waals surface area contributed by atoms with Crippen molar-refractivity contribution in [2.75, 3.05) is 25.0 Å². The first-order valence-electron chi connectivity index (χ1n) is 9.18. The van der Waals surface area contributed by atoms with E-state index in [2.05, 4.69) is 42.8 Å². The summed E-state index contributed by atoms with van der Waals surface area (Å²) in [4.78, 5) is 14.0. The minimum atomic E-state index is 0.0612.